The van der Waals surface area contributed by atoms with Crippen LogP contribution in [0.15, 0.2) is 0 Å². The van der Waals surface area contributed by atoms with Gasteiger partial charge in [0.15, 0.2) is 0 Å². The molecule has 0 unspecified atom stereocenters. The molecule has 0 amide bonds. The molecule has 0 radical (unpaired) electrons. The summed E-state index contributed by atoms with van der Waals surface area (Å²) < 4.78 is 2.53. The number of hydrogen-bond acceptors (Lipinski definition) is 0. The zero-order valence-electron chi connectivity index (χ0n) is 18.3. The highest BCUT2D eigenvalue weighted by molar-refractivity contribution is 14.1. The number of halogens is 2. The molecule has 0 rings (SSSR count). The Labute approximate surface area is 197 Å². The number of alkyl halides is 1. The third kappa shape index (κ3) is 23.5. The SMILES string of the molecule is CCCCCCCCCCCCCCCCCC[N+](C)(C)CCCI.[I-]. The number of rotatable bonds is 20. The predicted molar refractivity (Wildman–Crippen MR) is 125 cm³/mol. The van der Waals surface area contributed by atoms with Crippen LogP contribution in [-0.4, -0.2) is 36.1 Å². The van der Waals surface area contributed by atoms with Crippen molar-refractivity contribution < 1.29 is 28.5 Å². The van der Waals surface area contributed by atoms with Crippen molar-refractivity contribution in [2.75, 3.05) is 31.6 Å². The fourth-order valence-electron chi connectivity index (χ4n) is 3.69. The Morgan fingerprint density at radius 3 is 1.15 bits per heavy atom. The van der Waals surface area contributed by atoms with Crippen molar-refractivity contribution in [1.29, 1.82) is 0 Å². The minimum Gasteiger partial charge on any atom is -1.00 e. The minimum atomic E-state index is 0. The van der Waals surface area contributed by atoms with Crippen LogP contribution < -0.4 is 24.0 Å². The summed E-state index contributed by atoms with van der Waals surface area (Å²) in [6, 6.07) is 0. The molecule has 0 aliphatic rings. The Kier molecular flexibility index (Phi) is 25.9. The molecule has 0 aromatic carbocycles. The lowest BCUT2D eigenvalue weighted by Gasteiger charge is -2.29. The van der Waals surface area contributed by atoms with E-state index in [4.69, 9.17) is 0 Å². The molecule has 0 bridgehead atoms. The molecule has 0 atom stereocenters. The molecule has 1 nitrogen and oxygen atoms in total. The fraction of sp³-hybridized carbons (Fsp3) is 1.00. The largest absolute Gasteiger partial charge is 1.00 e. The van der Waals surface area contributed by atoms with Crippen LogP contribution in [0.5, 0.6) is 0 Å². The van der Waals surface area contributed by atoms with Gasteiger partial charge in [-0.25, -0.2) is 0 Å². The van der Waals surface area contributed by atoms with Gasteiger partial charge in [-0.05, 0) is 12.8 Å². The quantitative estimate of drug-likeness (QED) is 0.0793. The standard InChI is InChI=1S/C23H49IN.HI/c1-4-5-6-7-8-9-10-11-12-13-14-15-16-17-18-19-22-25(2,3)23-20-21-24;/h4-23H2,1-3H3;1H/q+1;/p-1. The van der Waals surface area contributed by atoms with Gasteiger partial charge in [0.2, 0.25) is 0 Å². The topological polar surface area (TPSA) is 0 Å². The molecular weight excluding hydrogens is 544 g/mol. The maximum Gasteiger partial charge on any atom is 0.0789 e. The van der Waals surface area contributed by atoms with Crippen LogP contribution >= 0.6 is 22.6 Å². The summed E-state index contributed by atoms with van der Waals surface area (Å²) in [7, 11) is 4.80. The second-order valence-electron chi connectivity index (χ2n) is 8.73. The summed E-state index contributed by atoms with van der Waals surface area (Å²) in [5.41, 5.74) is 0. The van der Waals surface area contributed by atoms with Crippen molar-refractivity contribution in [3.63, 3.8) is 0 Å². The van der Waals surface area contributed by atoms with E-state index >= 15 is 0 Å². The maximum absolute atomic E-state index is 2.50. The molecule has 0 N–H and O–H groups in total. The van der Waals surface area contributed by atoms with Gasteiger partial charge in [0.25, 0.3) is 0 Å². The average Bonchev–Trinajstić information content (AvgIpc) is 2.59. The number of nitrogens with zero attached hydrogens (tertiary/aromatic N) is 1. The Balaban J connectivity index is 0. The van der Waals surface area contributed by atoms with Crippen LogP contribution in [0, 0.1) is 0 Å². The maximum atomic E-state index is 2.50. The number of hydrogen-bond donors (Lipinski definition) is 0. The molecular formula is C23H49I2N. The molecule has 0 aliphatic carbocycles. The Bertz CT molecular complexity index is 257. The van der Waals surface area contributed by atoms with Crippen molar-refractivity contribution in [3.8, 4) is 0 Å². The second kappa shape index (κ2) is 22.7. The van der Waals surface area contributed by atoms with Gasteiger partial charge in [-0.2, -0.15) is 0 Å². The van der Waals surface area contributed by atoms with Gasteiger partial charge >= 0.3 is 0 Å². The molecule has 0 heterocycles. The molecule has 0 spiro atoms. The Morgan fingerprint density at radius 1 is 0.500 bits per heavy atom. The normalized spacial score (nSPS) is 11.5. The number of quaternary nitrogens is 1. The summed E-state index contributed by atoms with van der Waals surface area (Å²) in [6.07, 6.45) is 24.8. The molecule has 0 aromatic rings. The second-order valence-corrected chi connectivity index (χ2v) is 9.81. The van der Waals surface area contributed by atoms with Gasteiger partial charge in [-0.15, -0.1) is 0 Å². The summed E-state index contributed by atoms with van der Waals surface area (Å²) in [5, 5.41) is 0. The van der Waals surface area contributed by atoms with Crippen LogP contribution in [0.3, 0.4) is 0 Å². The molecule has 3 heteroatoms. The highest BCUT2D eigenvalue weighted by Crippen LogP contribution is 2.14. The van der Waals surface area contributed by atoms with Crippen molar-refractivity contribution >= 4 is 22.6 Å². The van der Waals surface area contributed by atoms with E-state index in [0.717, 1.165) is 0 Å². The minimum absolute atomic E-state index is 0. The highest BCUT2D eigenvalue weighted by atomic mass is 127. The summed E-state index contributed by atoms with van der Waals surface area (Å²) in [4.78, 5) is 0. The van der Waals surface area contributed by atoms with E-state index in [2.05, 4.69) is 43.6 Å². The van der Waals surface area contributed by atoms with Crippen molar-refractivity contribution in [1.82, 2.24) is 0 Å². The van der Waals surface area contributed by atoms with E-state index in [1.165, 1.54) is 131 Å². The third-order valence-corrected chi connectivity index (χ3v) is 6.28. The first-order valence-corrected chi connectivity index (χ1v) is 13.0. The smallest absolute Gasteiger partial charge is 0.0789 e. The molecule has 0 saturated carbocycles. The first-order chi connectivity index (χ1) is 12.1. The zero-order valence-corrected chi connectivity index (χ0v) is 22.7. The zero-order chi connectivity index (χ0) is 18.6. The Hall–Kier alpha value is 1.42. The summed E-state index contributed by atoms with van der Waals surface area (Å²) >= 11 is 2.50. The molecule has 26 heavy (non-hydrogen) atoms. The van der Waals surface area contributed by atoms with Gasteiger partial charge in [0.1, 0.15) is 0 Å². The van der Waals surface area contributed by atoms with E-state index in [1.54, 1.807) is 0 Å². The van der Waals surface area contributed by atoms with Crippen LogP contribution in [0.1, 0.15) is 116 Å². The number of unbranched alkanes of at least 4 members (excludes halogenated alkanes) is 15. The molecule has 160 valence electrons. The van der Waals surface area contributed by atoms with E-state index in [9.17, 15) is 0 Å². The first-order valence-electron chi connectivity index (χ1n) is 11.5. The highest BCUT2D eigenvalue weighted by Gasteiger charge is 2.12. The van der Waals surface area contributed by atoms with Gasteiger partial charge in [-0.3, -0.25) is 0 Å². The molecule has 0 aromatic heterocycles. The third-order valence-electron chi connectivity index (χ3n) is 5.51. The van der Waals surface area contributed by atoms with E-state index < -0.39 is 0 Å². The lowest BCUT2D eigenvalue weighted by Crippen LogP contribution is -3.00. The van der Waals surface area contributed by atoms with Crippen LogP contribution in [0.2, 0.25) is 0 Å². The lowest BCUT2D eigenvalue weighted by molar-refractivity contribution is -0.890. The van der Waals surface area contributed by atoms with Crippen LogP contribution in [-0.2, 0) is 0 Å². The summed E-state index contributed by atoms with van der Waals surface area (Å²) in [5.74, 6) is 0. The van der Waals surface area contributed by atoms with Gasteiger partial charge in [0.05, 0.1) is 27.2 Å². The predicted octanol–water partition coefficient (Wildman–Crippen LogP) is 5.15. The molecule has 0 saturated heterocycles. The van der Waals surface area contributed by atoms with Crippen LogP contribution in [0.4, 0.5) is 0 Å². The van der Waals surface area contributed by atoms with Crippen molar-refractivity contribution in [2.24, 2.45) is 0 Å². The molecule has 0 fully saturated rings. The molecule has 0 aliphatic heterocycles. The van der Waals surface area contributed by atoms with Gasteiger partial charge in [0, 0.05) is 10.8 Å². The Morgan fingerprint density at radius 2 is 0.808 bits per heavy atom. The fourth-order valence-corrected chi connectivity index (χ4v) is 4.03. The van der Waals surface area contributed by atoms with Gasteiger partial charge in [-0.1, -0.05) is 119 Å². The van der Waals surface area contributed by atoms with Gasteiger partial charge < -0.3 is 28.5 Å². The van der Waals surface area contributed by atoms with Crippen LogP contribution in [0.25, 0.3) is 0 Å². The summed E-state index contributed by atoms with van der Waals surface area (Å²) in [6.45, 7) is 5.02. The van der Waals surface area contributed by atoms with Crippen molar-refractivity contribution in [2.45, 2.75) is 116 Å². The van der Waals surface area contributed by atoms with E-state index in [1.807, 2.05) is 0 Å². The van der Waals surface area contributed by atoms with E-state index in [-0.39, 0.29) is 24.0 Å². The lowest BCUT2D eigenvalue weighted by atomic mass is 10.0. The average molecular weight is 593 g/mol. The monoisotopic (exact) mass is 593 g/mol. The first kappa shape index (κ1) is 29.6. The van der Waals surface area contributed by atoms with Crippen molar-refractivity contribution in [3.05, 3.63) is 0 Å². The van der Waals surface area contributed by atoms with E-state index in [0.29, 0.717) is 0 Å².